The minimum absolute atomic E-state index is 0.198. The van der Waals surface area contributed by atoms with Crippen molar-refractivity contribution in [2.24, 2.45) is 0 Å². The van der Waals surface area contributed by atoms with Gasteiger partial charge in [-0.15, -0.1) is 0 Å². The third kappa shape index (κ3) is 2.26. The Kier molecular flexibility index (Phi) is 2.99. The molecular weight excluding hydrogens is 204 g/mol. The first-order chi connectivity index (χ1) is 7.59. The highest BCUT2D eigenvalue weighted by Gasteiger charge is 2.30. The van der Waals surface area contributed by atoms with Gasteiger partial charge in [0.2, 0.25) is 0 Å². The summed E-state index contributed by atoms with van der Waals surface area (Å²) in [5.74, 6) is -0.118. The lowest BCUT2D eigenvalue weighted by atomic mass is 10.1. The van der Waals surface area contributed by atoms with Crippen molar-refractivity contribution in [1.82, 2.24) is 9.78 Å². The van der Waals surface area contributed by atoms with E-state index in [1.807, 2.05) is 6.20 Å². The smallest absolute Gasteiger partial charge is 0.303 e. The number of carboxylic acid groups (broad SMARTS) is 1. The number of nitrogens with zero attached hydrogens (tertiary/aromatic N) is 2. The first kappa shape index (κ1) is 11.2. The molecule has 0 aromatic carbocycles. The van der Waals surface area contributed by atoms with Crippen LogP contribution >= 0.6 is 0 Å². The van der Waals surface area contributed by atoms with Crippen LogP contribution in [-0.4, -0.2) is 20.9 Å². The van der Waals surface area contributed by atoms with E-state index in [1.54, 1.807) is 0 Å². The van der Waals surface area contributed by atoms with E-state index in [9.17, 15) is 4.79 Å². The zero-order valence-corrected chi connectivity index (χ0v) is 9.81. The van der Waals surface area contributed by atoms with Crippen molar-refractivity contribution < 1.29 is 9.90 Å². The van der Waals surface area contributed by atoms with E-state index in [2.05, 4.69) is 23.6 Å². The molecular formula is C12H18N2O2. The fourth-order valence-electron chi connectivity index (χ4n) is 2.06. The molecule has 1 N–H and O–H groups in total. The molecule has 4 heteroatoms. The van der Waals surface area contributed by atoms with Crippen molar-refractivity contribution in [3.63, 3.8) is 0 Å². The predicted octanol–water partition coefficient (Wildman–Crippen LogP) is 2.36. The van der Waals surface area contributed by atoms with E-state index in [4.69, 9.17) is 5.11 Å². The molecule has 16 heavy (non-hydrogen) atoms. The summed E-state index contributed by atoms with van der Waals surface area (Å²) in [6.45, 7) is 4.22. The van der Waals surface area contributed by atoms with E-state index >= 15 is 0 Å². The van der Waals surface area contributed by atoms with E-state index < -0.39 is 5.97 Å². The second-order valence-corrected chi connectivity index (χ2v) is 4.76. The molecule has 0 atom stereocenters. The lowest BCUT2D eigenvalue weighted by Gasteiger charge is -2.11. The lowest BCUT2D eigenvalue weighted by molar-refractivity contribution is -0.136. The second kappa shape index (κ2) is 4.28. The monoisotopic (exact) mass is 222 g/mol. The Morgan fingerprint density at radius 3 is 2.81 bits per heavy atom. The Hall–Kier alpha value is -1.32. The molecule has 1 aliphatic rings. The molecule has 4 nitrogen and oxygen atoms in total. The number of aliphatic carboxylic acids is 1. The molecule has 1 saturated carbocycles. The van der Waals surface area contributed by atoms with Crippen molar-refractivity contribution >= 4 is 5.97 Å². The van der Waals surface area contributed by atoms with Gasteiger partial charge >= 0.3 is 5.97 Å². The van der Waals surface area contributed by atoms with Crippen molar-refractivity contribution in [2.45, 2.75) is 51.5 Å². The standard InChI is InChI=1S/C12H18N2O2/c1-8(2)14-12(9-3-4-9)10(7-13-14)5-6-11(15)16/h7-9H,3-6H2,1-2H3,(H,15,16). The van der Waals surface area contributed by atoms with Crippen molar-refractivity contribution in [1.29, 1.82) is 0 Å². The average Bonchev–Trinajstić information content (AvgIpc) is 2.95. The van der Waals surface area contributed by atoms with Crippen LogP contribution in [0.5, 0.6) is 0 Å². The number of aromatic nitrogens is 2. The quantitative estimate of drug-likeness (QED) is 0.832. The maximum Gasteiger partial charge on any atom is 0.303 e. The molecule has 1 aromatic rings. The number of hydrogen-bond donors (Lipinski definition) is 1. The van der Waals surface area contributed by atoms with Gasteiger partial charge < -0.3 is 5.11 Å². The summed E-state index contributed by atoms with van der Waals surface area (Å²) in [5, 5.41) is 13.1. The summed E-state index contributed by atoms with van der Waals surface area (Å²) in [7, 11) is 0. The topological polar surface area (TPSA) is 55.1 Å². The Morgan fingerprint density at radius 1 is 1.62 bits per heavy atom. The fourth-order valence-corrected chi connectivity index (χ4v) is 2.06. The third-order valence-corrected chi connectivity index (χ3v) is 2.98. The third-order valence-electron chi connectivity index (χ3n) is 2.98. The summed E-state index contributed by atoms with van der Waals surface area (Å²) in [6, 6.07) is 0.356. The maximum atomic E-state index is 10.6. The number of carbonyl (C=O) groups is 1. The number of aryl methyl sites for hydroxylation is 1. The van der Waals surface area contributed by atoms with Gasteiger partial charge in [-0.05, 0) is 38.7 Å². The number of carboxylic acids is 1. The SMILES string of the molecule is CC(C)n1ncc(CCC(=O)O)c1C1CC1. The molecule has 0 spiro atoms. The molecule has 1 aliphatic carbocycles. The summed E-state index contributed by atoms with van der Waals surface area (Å²) in [5.41, 5.74) is 2.40. The van der Waals surface area contributed by atoms with Crippen molar-refractivity contribution in [3.05, 3.63) is 17.5 Å². The normalized spacial score (nSPS) is 15.7. The Morgan fingerprint density at radius 2 is 2.31 bits per heavy atom. The summed E-state index contributed by atoms with van der Waals surface area (Å²) in [6.07, 6.45) is 5.09. The highest BCUT2D eigenvalue weighted by atomic mass is 16.4. The minimum atomic E-state index is -0.737. The van der Waals surface area contributed by atoms with Gasteiger partial charge in [-0.25, -0.2) is 0 Å². The molecule has 0 aliphatic heterocycles. The second-order valence-electron chi connectivity index (χ2n) is 4.76. The summed E-state index contributed by atoms with van der Waals surface area (Å²) < 4.78 is 2.05. The molecule has 0 radical (unpaired) electrons. The molecule has 88 valence electrons. The van der Waals surface area contributed by atoms with Crippen LogP contribution < -0.4 is 0 Å². The molecule has 0 unspecified atom stereocenters. The van der Waals surface area contributed by atoms with E-state index in [-0.39, 0.29) is 6.42 Å². The highest BCUT2D eigenvalue weighted by molar-refractivity contribution is 5.67. The molecule has 1 fully saturated rings. The lowest BCUT2D eigenvalue weighted by Crippen LogP contribution is -2.08. The molecule has 0 saturated heterocycles. The van der Waals surface area contributed by atoms with Crippen LogP contribution in [0.25, 0.3) is 0 Å². The van der Waals surface area contributed by atoms with Crippen LogP contribution in [0.15, 0.2) is 6.20 Å². The van der Waals surface area contributed by atoms with Crippen LogP contribution in [0.3, 0.4) is 0 Å². The maximum absolute atomic E-state index is 10.6. The zero-order chi connectivity index (χ0) is 11.7. The van der Waals surface area contributed by atoms with Gasteiger partial charge in [0.1, 0.15) is 0 Å². The van der Waals surface area contributed by atoms with Crippen LogP contribution in [0, 0.1) is 0 Å². The first-order valence-corrected chi connectivity index (χ1v) is 5.87. The fraction of sp³-hybridized carbons (Fsp3) is 0.667. The van der Waals surface area contributed by atoms with Gasteiger partial charge in [0.25, 0.3) is 0 Å². The van der Waals surface area contributed by atoms with E-state index in [0.29, 0.717) is 18.4 Å². The molecule has 2 rings (SSSR count). The van der Waals surface area contributed by atoms with Crippen LogP contribution in [0.2, 0.25) is 0 Å². The minimum Gasteiger partial charge on any atom is -0.481 e. The molecule has 1 heterocycles. The zero-order valence-electron chi connectivity index (χ0n) is 9.81. The Labute approximate surface area is 95.3 Å². The first-order valence-electron chi connectivity index (χ1n) is 5.87. The van der Waals surface area contributed by atoms with Crippen LogP contribution in [-0.2, 0) is 11.2 Å². The highest BCUT2D eigenvalue weighted by Crippen LogP contribution is 2.42. The van der Waals surface area contributed by atoms with Gasteiger partial charge in [0, 0.05) is 24.1 Å². The van der Waals surface area contributed by atoms with Gasteiger partial charge in [0.05, 0.1) is 6.20 Å². The van der Waals surface area contributed by atoms with Crippen LogP contribution in [0.1, 0.15) is 56.3 Å². The Bertz CT molecular complexity index is 392. The van der Waals surface area contributed by atoms with Gasteiger partial charge in [0.15, 0.2) is 0 Å². The summed E-state index contributed by atoms with van der Waals surface area (Å²) in [4.78, 5) is 10.6. The van der Waals surface area contributed by atoms with Crippen LogP contribution in [0.4, 0.5) is 0 Å². The van der Waals surface area contributed by atoms with Crippen molar-refractivity contribution in [3.8, 4) is 0 Å². The largest absolute Gasteiger partial charge is 0.481 e. The average molecular weight is 222 g/mol. The van der Waals surface area contributed by atoms with Crippen molar-refractivity contribution in [2.75, 3.05) is 0 Å². The number of hydrogen-bond acceptors (Lipinski definition) is 2. The van der Waals surface area contributed by atoms with Gasteiger partial charge in [-0.3, -0.25) is 9.48 Å². The number of rotatable bonds is 5. The van der Waals surface area contributed by atoms with E-state index in [0.717, 1.165) is 5.56 Å². The van der Waals surface area contributed by atoms with Gasteiger partial charge in [-0.1, -0.05) is 0 Å². The van der Waals surface area contributed by atoms with E-state index in [1.165, 1.54) is 18.5 Å². The molecule has 0 bridgehead atoms. The predicted molar refractivity (Wildman–Crippen MR) is 60.5 cm³/mol. The summed E-state index contributed by atoms with van der Waals surface area (Å²) >= 11 is 0. The van der Waals surface area contributed by atoms with Gasteiger partial charge in [-0.2, -0.15) is 5.10 Å². The molecule has 1 aromatic heterocycles. The Balaban J connectivity index is 2.20. The molecule has 0 amide bonds.